The van der Waals surface area contributed by atoms with Crippen LogP contribution in [0.15, 0.2) is 67.3 Å². The van der Waals surface area contributed by atoms with E-state index in [-0.39, 0.29) is 141 Å². The number of aliphatic carboxylic acids is 3. The van der Waals surface area contributed by atoms with E-state index in [0.717, 1.165) is 0 Å². The zero-order valence-electron chi connectivity index (χ0n) is 58.8. The Bertz CT molecular complexity index is 3530. The number of fused-ring (bicyclic) bond motifs is 1. The van der Waals surface area contributed by atoms with Gasteiger partial charge in [-0.25, -0.2) is 4.98 Å². The largest absolute Gasteiger partial charge is 0.480 e. The van der Waals surface area contributed by atoms with Crippen LogP contribution in [0.25, 0.3) is 10.9 Å². The Morgan fingerprint density at radius 3 is 1.65 bits per heavy atom. The Hall–Kier alpha value is -10.0. The van der Waals surface area contributed by atoms with Gasteiger partial charge in [0.25, 0.3) is 5.91 Å². The van der Waals surface area contributed by atoms with E-state index in [1.165, 1.54) is 55.5 Å². The monoisotopic (exact) mass is 1460 g/mol. The number of para-hydroxylation sites is 1. The second kappa shape index (κ2) is 42.4. The van der Waals surface area contributed by atoms with Crippen molar-refractivity contribution in [3.8, 4) is 0 Å². The molecule has 4 aromatic rings. The summed E-state index contributed by atoms with van der Waals surface area (Å²) in [4.78, 5) is 201. The van der Waals surface area contributed by atoms with E-state index in [2.05, 4.69) is 62.8 Å². The van der Waals surface area contributed by atoms with Gasteiger partial charge < -0.3 is 84.6 Å². The van der Waals surface area contributed by atoms with Gasteiger partial charge in [-0.05, 0) is 85.9 Å². The number of nitrogens with one attached hydrogen (secondary N) is 11. The first-order valence-electron chi connectivity index (χ1n) is 33.8. The first-order valence-corrected chi connectivity index (χ1v) is 35.2. The molecule has 5 rings (SSSR count). The van der Waals surface area contributed by atoms with Crippen LogP contribution < -0.4 is 59.3 Å². The van der Waals surface area contributed by atoms with E-state index >= 15 is 0 Å². The van der Waals surface area contributed by atoms with Gasteiger partial charge in [-0.2, -0.15) is 11.8 Å². The van der Waals surface area contributed by atoms with Crippen LogP contribution in [0.4, 0.5) is 5.69 Å². The van der Waals surface area contributed by atoms with Crippen molar-refractivity contribution < 1.29 is 82.4 Å². The van der Waals surface area contributed by atoms with Gasteiger partial charge in [0.2, 0.25) is 59.1 Å². The Morgan fingerprint density at radius 1 is 0.573 bits per heavy atom. The number of aromatic nitrogens is 3. The molecule has 1 aliphatic heterocycles. The van der Waals surface area contributed by atoms with E-state index in [9.17, 15) is 82.4 Å². The lowest BCUT2D eigenvalue weighted by molar-refractivity contribution is -0.140. The molecule has 2 aromatic heterocycles. The maximum atomic E-state index is 14.5. The maximum absolute atomic E-state index is 14.5. The summed E-state index contributed by atoms with van der Waals surface area (Å²) in [7, 11) is 0. The third-order valence-corrected chi connectivity index (χ3v) is 17.5. The number of rotatable bonds is 40. The van der Waals surface area contributed by atoms with Crippen molar-refractivity contribution in [2.45, 2.75) is 109 Å². The van der Waals surface area contributed by atoms with Gasteiger partial charge in [0, 0.05) is 118 Å². The van der Waals surface area contributed by atoms with Crippen molar-refractivity contribution in [1.29, 1.82) is 0 Å². The van der Waals surface area contributed by atoms with Gasteiger partial charge in [0.15, 0.2) is 0 Å². The highest BCUT2D eigenvalue weighted by Gasteiger charge is 2.34. The molecule has 36 heteroatoms. The molecule has 1 aliphatic rings. The highest BCUT2D eigenvalue weighted by molar-refractivity contribution is 7.98. The second-order valence-corrected chi connectivity index (χ2v) is 26.9. The topological polar surface area (TPSA) is 517 Å². The zero-order chi connectivity index (χ0) is 75.9. The first-order chi connectivity index (χ1) is 48.9. The smallest absolute Gasteiger partial charge is 0.317 e. The van der Waals surface area contributed by atoms with Gasteiger partial charge in [-0.15, -0.1) is 0 Å². The third kappa shape index (κ3) is 29.8. The van der Waals surface area contributed by atoms with Crippen molar-refractivity contribution in [2.24, 2.45) is 29.2 Å². The second-order valence-electron chi connectivity index (χ2n) is 26.0. The average molecular weight is 1460 g/mol. The number of hydrogen-bond acceptors (Lipinski definition) is 20. The van der Waals surface area contributed by atoms with Gasteiger partial charge >= 0.3 is 17.9 Å². The van der Waals surface area contributed by atoms with E-state index < -0.39 is 138 Å². The molecular formula is C67H98N18O17S. The number of benzene rings is 2. The molecule has 35 nitrogen and oxygen atoms in total. The van der Waals surface area contributed by atoms with Crippen molar-refractivity contribution in [1.82, 2.24) is 77.1 Å². The van der Waals surface area contributed by atoms with Gasteiger partial charge in [-0.1, -0.05) is 45.9 Å². The number of nitrogens with zero attached hydrogens (tertiary/aromatic N) is 5. The summed E-state index contributed by atoms with van der Waals surface area (Å²) in [5.41, 5.74) is 13.2. The highest BCUT2D eigenvalue weighted by atomic mass is 32.2. The molecule has 103 heavy (non-hydrogen) atoms. The lowest BCUT2D eigenvalue weighted by atomic mass is 9.99. The molecule has 2 aromatic carbocycles. The summed E-state index contributed by atoms with van der Waals surface area (Å²) >= 11 is 1.45. The Labute approximate surface area is 600 Å². The Balaban J connectivity index is 1.23. The molecule has 3 heterocycles. The van der Waals surface area contributed by atoms with Gasteiger partial charge in [0.1, 0.15) is 36.3 Å². The summed E-state index contributed by atoms with van der Waals surface area (Å²) < 4.78 is 0. The molecule has 11 amide bonds. The average Bonchev–Trinajstić information content (AvgIpc) is 1.71. The molecule has 0 saturated carbocycles. The molecule has 0 spiro atoms. The zero-order valence-corrected chi connectivity index (χ0v) is 59.6. The van der Waals surface area contributed by atoms with Crippen LogP contribution in [-0.2, 0) is 75.2 Å². The Morgan fingerprint density at radius 2 is 1.12 bits per heavy atom. The minimum atomic E-state index is -1.40. The third-order valence-electron chi connectivity index (χ3n) is 16.8. The predicted octanol–water partition coefficient (Wildman–Crippen LogP) is -2.61. The van der Waals surface area contributed by atoms with Crippen LogP contribution in [0.2, 0.25) is 0 Å². The molecule has 0 bridgehead atoms. The van der Waals surface area contributed by atoms with Crippen LogP contribution in [0.1, 0.15) is 81.9 Å². The number of anilines is 1. The van der Waals surface area contributed by atoms with Crippen molar-refractivity contribution >= 4 is 111 Å². The number of aromatic amines is 2. The van der Waals surface area contributed by atoms with Crippen LogP contribution >= 0.6 is 11.8 Å². The molecule has 7 unspecified atom stereocenters. The lowest BCUT2D eigenvalue weighted by Crippen LogP contribution is -2.59. The fourth-order valence-corrected chi connectivity index (χ4v) is 11.7. The number of hydrogen-bond donors (Lipinski definition) is 16. The van der Waals surface area contributed by atoms with E-state index in [1.54, 1.807) is 63.9 Å². The molecule has 1 fully saturated rings. The number of imidazole rings is 1. The van der Waals surface area contributed by atoms with E-state index in [0.29, 0.717) is 27.9 Å². The molecule has 1 saturated heterocycles. The summed E-state index contributed by atoms with van der Waals surface area (Å²) in [6.45, 7) is 7.56. The number of H-pyrrole nitrogens is 2. The van der Waals surface area contributed by atoms with Crippen LogP contribution in [-0.4, -0.2) is 273 Å². The fraction of sp³-hybridized carbons (Fsp3) is 0.537. The minimum Gasteiger partial charge on any atom is -0.480 e. The maximum Gasteiger partial charge on any atom is 0.317 e. The number of nitrogens with two attached hydrogens (primary N) is 2. The van der Waals surface area contributed by atoms with Crippen molar-refractivity contribution in [3.05, 3.63) is 84.1 Å². The molecule has 0 radical (unpaired) electrons. The number of primary amides is 2. The number of amides is 11. The van der Waals surface area contributed by atoms with E-state index in [1.807, 2.05) is 20.1 Å². The molecular weight excluding hydrogens is 1360 g/mol. The van der Waals surface area contributed by atoms with Crippen LogP contribution in [0, 0.1) is 17.8 Å². The standard InChI is InChI=1S/C67H98N18O17S/c1-39(2)27-50(65(100)78-49(60(69)95)17-26-103-6)80-66(101)52(29-46-32-70-38-74-46)77-54(87)33-73-67(102)59(40(3)4)81-61(96)41(5)75-64(99)51(28-44-31-71-48-10-8-7-9-47(44)48)79-63(98)43(13-16-53(68)86)30-72-62(97)42-11-14-45(15-12-42)76-55(88)34-82-18-20-83(35-56(89)90)22-24-85(37-58(93)94)25-23-84(21-19-82)36-57(91)92/h7-12,14-15,31-32,38-41,43,49-52,59,71H,13,16-30,33-37H2,1-6H3,(H2,68,86)(H2,69,95)(H,70,74)(H,72,97)(H,73,102)(H,75,99)(H,76,88)(H,77,87)(H,78,100)(H,79,98)(H,80,101)(H,81,96)(H,89,90)(H,91,92)(H,93,94). The van der Waals surface area contributed by atoms with Crippen molar-refractivity contribution in [2.75, 3.05) is 109 Å². The summed E-state index contributed by atoms with van der Waals surface area (Å²) in [5, 5.41) is 53.3. The number of carbonyl (C=O) groups is 14. The normalized spacial score (nSPS) is 15.6. The number of carboxylic acids is 3. The minimum absolute atomic E-state index is 0.101. The highest BCUT2D eigenvalue weighted by Crippen LogP contribution is 2.21. The quantitative estimate of drug-likeness (QED) is 0.0217. The van der Waals surface area contributed by atoms with E-state index in [4.69, 9.17) is 11.5 Å². The van der Waals surface area contributed by atoms with Crippen LogP contribution in [0.5, 0.6) is 0 Å². The summed E-state index contributed by atoms with van der Waals surface area (Å²) in [6.07, 6.45) is 5.98. The summed E-state index contributed by atoms with van der Waals surface area (Å²) in [5.74, 6) is -12.8. The molecule has 7 atom stereocenters. The SMILES string of the molecule is CSCCC(NC(=O)C(CC(C)C)NC(=O)C(Cc1cnc[nH]1)NC(=O)CNC(=O)C(NC(=O)C(C)NC(=O)C(Cc1c[nH]c2ccccc12)NC(=O)C(CCC(N)=O)CNC(=O)c1ccc(NC(=O)CN2CCN(CC(=O)O)CCN(CC(=O)O)CCN(CC(=O)O)CC2)cc1)C(C)C)C(N)=O. The number of carboxylic acid groups (broad SMARTS) is 3. The number of carbonyl (C=O) groups excluding carboxylic acids is 11. The molecule has 18 N–H and O–H groups in total. The predicted molar refractivity (Wildman–Crippen MR) is 379 cm³/mol. The van der Waals surface area contributed by atoms with Gasteiger partial charge in [-0.3, -0.25) is 86.7 Å². The number of thioether (sulfide) groups is 1. The molecule has 0 aliphatic carbocycles. The van der Waals surface area contributed by atoms with Crippen molar-refractivity contribution in [3.63, 3.8) is 0 Å². The Kier molecular flexibility index (Phi) is 34.4. The lowest BCUT2D eigenvalue weighted by Gasteiger charge is -2.32. The van der Waals surface area contributed by atoms with Gasteiger partial charge in [0.05, 0.1) is 45.0 Å². The van der Waals surface area contributed by atoms with Crippen LogP contribution in [0.3, 0.4) is 0 Å². The fourth-order valence-electron chi connectivity index (χ4n) is 11.2. The molecule has 564 valence electrons. The summed E-state index contributed by atoms with van der Waals surface area (Å²) in [6, 6.07) is 5.43. The first kappa shape index (κ1) is 83.6.